The van der Waals surface area contributed by atoms with E-state index in [1.807, 2.05) is 55.5 Å². The van der Waals surface area contributed by atoms with Gasteiger partial charge >= 0.3 is 0 Å². The van der Waals surface area contributed by atoms with Crippen LogP contribution in [0.15, 0.2) is 47.4 Å². The molecule has 2 rings (SSSR count). The largest absolute Gasteiger partial charge is 0.396 e. The summed E-state index contributed by atoms with van der Waals surface area (Å²) in [6.07, 6.45) is 2.46. The van der Waals surface area contributed by atoms with Crippen molar-refractivity contribution in [3.8, 4) is 11.1 Å². The van der Waals surface area contributed by atoms with Crippen molar-refractivity contribution >= 4 is 5.69 Å². The van der Waals surface area contributed by atoms with Gasteiger partial charge in [-0.15, -0.1) is 0 Å². The maximum Gasteiger partial charge on any atom is 0.252 e. The minimum atomic E-state index is -0.0400. The van der Waals surface area contributed by atoms with Gasteiger partial charge in [-0.3, -0.25) is 4.79 Å². The number of rotatable bonds is 5. The molecule has 0 atom stereocenters. The number of nitrogens with zero attached hydrogens (tertiary/aromatic N) is 2. The quantitative estimate of drug-likeness (QED) is 0.905. The van der Waals surface area contributed by atoms with Gasteiger partial charge in [0.1, 0.15) is 0 Å². The van der Waals surface area contributed by atoms with Crippen molar-refractivity contribution in [3.05, 3.63) is 52.9 Å². The van der Waals surface area contributed by atoms with Crippen molar-refractivity contribution in [2.45, 2.75) is 13.0 Å². The predicted molar refractivity (Wildman–Crippen MR) is 82.2 cm³/mol. The Hall–Kier alpha value is -2.07. The third-order valence-electron chi connectivity index (χ3n) is 3.23. The van der Waals surface area contributed by atoms with Crippen LogP contribution >= 0.6 is 0 Å². The Balaban J connectivity index is 2.54. The van der Waals surface area contributed by atoms with Crippen molar-refractivity contribution in [1.29, 1.82) is 0 Å². The lowest BCUT2D eigenvalue weighted by molar-refractivity contribution is 0.279. The molecule has 0 amide bonds. The molecule has 0 saturated carbocycles. The van der Waals surface area contributed by atoms with E-state index in [-0.39, 0.29) is 12.2 Å². The number of anilines is 1. The Morgan fingerprint density at radius 3 is 2.50 bits per heavy atom. The minimum Gasteiger partial charge on any atom is -0.396 e. The lowest BCUT2D eigenvalue weighted by Gasteiger charge is -2.19. The third-order valence-corrected chi connectivity index (χ3v) is 3.23. The smallest absolute Gasteiger partial charge is 0.252 e. The first-order chi connectivity index (χ1) is 9.63. The van der Waals surface area contributed by atoms with E-state index in [2.05, 4.69) is 0 Å². The maximum absolute atomic E-state index is 12.1. The molecule has 0 unspecified atom stereocenters. The first kappa shape index (κ1) is 14.3. The van der Waals surface area contributed by atoms with Gasteiger partial charge in [0.2, 0.25) is 0 Å². The SMILES string of the molecule is CN(C)c1cc(=O)n(CCCO)cc1-c1ccccc1. The lowest BCUT2D eigenvalue weighted by Crippen LogP contribution is -2.23. The van der Waals surface area contributed by atoms with Gasteiger partial charge < -0.3 is 14.6 Å². The van der Waals surface area contributed by atoms with Crippen LogP contribution in [0.2, 0.25) is 0 Å². The molecule has 0 aliphatic rings. The van der Waals surface area contributed by atoms with E-state index < -0.39 is 0 Å². The van der Waals surface area contributed by atoms with Gasteiger partial charge in [-0.2, -0.15) is 0 Å². The summed E-state index contributed by atoms with van der Waals surface area (Å²) in [4.78, 5) is 14.0. The molecule has 0 radical (unpaired) electrons. The summed E-state index contributed by atoms with van der Waals surface area (Å²) >= 11 is 0. The van der Waals surface area contributed by atoms with Gasteiger partial charge in [-0.25, -0.2) is 0 Å². The molecule has 1 N–H and O–H groups in total. The molecule has 0 aliphatic carbocycles. The normalized spacial score (nSPS) is 10.6. The zero-order valence-corrected chi connectivity index (χ0v) is 11.9. The molecule has 4 heteroatoms. The summed E-state index contributed by atoms with van der Waals surface area (Å²) in [5.41, 5.74) is 2.96. The third kappa shape index (κ3) is 3.08. The second-order valence-electron chi connectivity index (χ2n) is 4.94. The highest BCUT2D eigenvalue weighted by Crippen LogP contribution is 2.28. The van der Waals surface area contributed by atoms with E-state index >= 15 is 0 Å². The van der Waals surface area contributed by atoms with Gasteiger partial charge in [0.05, 0.1) is 5.69 Å². The summed E-state index contributed by atoms with van der Waals surface area (Å²) in [5.74, 6) is 0. The number of aromatic nitrogens is 1. The zero-order chi connectivity index (χ0) is 14.5. The summed E-state index contributed by atoms with van der Waals surface area (Å²) in [6, 6.07) is 11.7. The fourth-order valence-corrected chi connectivity index (χ4v) is 2.19. The summed E-state index contributed by atoms with van der Waals surface area (Å²) in [5, 5.41) is 8.92. The molecular formula is C16H20N2O2. The van der Waals surface area contributed by atoms with Crippen molar-refractivity contribution in [3.63, 3.8) is 0 Å². The van der Waals surface area contributed by atoms with Gasteiger partial charge in [0.25, 0.3) is 5.56 Å². The van der Waals surface area contributed by atoms with Crippen LogP contribution in [-0.2, 0) is 6.54 Å². The van der Waals surface area contributed by atoms with Crippen LogP contribution in [0.1, 0.15) is 6.42 Å². The first-order valence-corrected chi connectivity index (χ1v) is 6.71. The second-order valence-corrected chi connectivity index (χ2v) is 4.94. The van der Waals surface area contributed by atoms with Crippen LogP contribution in [0.5, 0.6) is 0 Å². The maximum atomic E-state index is 12.1. The molecule has 0 aliphatic heterocycles. The number of hydrogen-bond acceptors (Lipinski definition) is 3. The molecule has 2 aromatic rings. The molecule has 106 valence electrons. The molecule has 4 nitrogen and oxygen atoms in total. The fourth-order valence-electron chi connectivity index (χ4n) is 2.19. The van der Waals surface area contributed by atoms with Gasteiger partial charge in [-0.05, 0) is 12.0 Å². The Labute approximate surface area is 118 Å². The predicted octanol–water partition coefficient (Wildman–Crippen LogP) is 1.96. The van der Waals surface area contributed by atoms with Crippen LogP contribution in [-0.4, -0.2) is 30.4 Å². The van der Waals surface area contributed by atoms with E-state index in [1.54, 1.807) is 10.6 Å². The van der Waals surface area contributed by atoms with E-state index in [4.69, 9.17) is 5.11 Å². The summed E-state index contributed by atoms with van der Waals surface area (Å²) in [7, 11) is 3.86. The van der Waals surface area contributed by atoms with Crippen molar-refractivity contribution in [2.24, 2.45) is 0 Å². The molecular weight excluding hydrogens is 252 g/mol. The van der Waals surface area contributed by atoms with E-state index in [1.165, 1.54) is 0 Å². The topological polar surface area (TPSA) is 45.5 Å². The Bertz CT molecular complexity index is 618. The number of pyridine rings is 1. The van der Waals surface area contributed by atoms with E-state index in [9.17, 15) is 4.79 Å². The Kier molecular flexibility index (Phi) is 4.58. The average molecular weight is 272 g/mol. The standard InChI is InChI=1S/C16H20N2O2/c1-17(2)15-11-16(20)18(9-6-10-19)12-14(15)13-7-4-3-5-8-13/h3-5,7-8,11-12,19H,6,9-10H2,1-2H3. The van der Waals surface area contributed by atoms with E-state index in [0.717, 1.165) is 16.8 Å². The monoisotopic (exact) mass is 272 g/mol. The second kappa shape index (κ2) is 6.39. The molecule has 0 bridgehead atoms. The number of aryl methyl sites for hydroxylation is 1. The Morgan fingerprint density at radius 2 is 1.90 bits per heavy atom. The minimum absolute atomic E-state index is 0.0400. The molecule has 1 aromatic heterocycles. The molecule has 0 spiro atoms. The number of aliphatic hydroxyl groups is 1. The van der Waals surface area contributed by atoms with Gasteiger partial charge in [0.15, 0.2) is 0 Å². The van der Waals surface area contributed by atoms with Crippen molar-refractivity contribution in [2.75, 3.05) is 25.6 Å². The summed E-state index contributed by atoms with van der Waals surface area (Å²) in [6.45, 7) is 0.616. The lowest BCUT2D eigenvalue weighted by atomic mass is 10.1. The van der Waals surface area contributed by atoms with Crippen LogP contribution < -0.4 is 10.5 Å². The van der Waals surface area contributed by atoms with Gasteiger partial charge in [-0.1, -0.05) is 30.3 Å². The highest BCUT2D eigenvalue weighted by molar-refractivity contribution is 5.77. The summed E-state index contributed by atoms with van der Waals surface area (Å²) < 4.78 is 1.66. The van der Waals surface area contributed by atoms with Crippen molar-refractivity contribution < 1.29 is 5.11 Å². The van der Waals surface area contributed by atoms with Crippen LogP contribution in [0.4, 0.5) is 5.69 Å². The molecule has 0 saturated heterocycles. The van der Waals surface area contributed by atoms with Crippen LogP contribution in [0, 0.1) is 0 Å². The molecule has 0 fully saturated rings. The Morgan fingerprint density at radius 1 is 1.20 bits per heavy atom. The number of aliphatic hydroxyl groups excluding tert-OH is 1. The molecule has 1 aromatic carbocycles. The van der Waals surface area contributed by atoms with Crippen LogP contribution in [0.3, 0.4) is 0 Å². The van der Waals surface area contributed by atoms with E-state index in [0.29, 0.717) is 13.0 Å². The molecule has 1 heterocycles. The highest BCUT2D eigenvalue weighted by Gasteiger charge is 2.10. The number of benzene rings is 1. The van der Waals surface area contributed by atoms with Crippen LogP contribution in [0.25, 0.3) is 11.1 Å². The number of hydrogen-bond donors (Lipinski definition) is 1. The fraction of sp³-hybridized carbons (Fsp3) is 0.312. The highest BCUT2D eigenvalue weighted by atomic mass is 16.3. The first-order valence-electron chi connectivity index (χ1n) is 6.71. The zero-order valence-electron chi connectivity index (χ0n) is 11.9. The molecule has 20 heavy (non-hydrogen) atoms. The van der Waals surface area contributed by atoms with Crippen molar-refractivity contribution in [1.82, 2.24) is 4.57 Å². The van der Waals surface area contributed by atoms with Gasteiger partial charge in [0, 0.05) is 45.1 Å². The average Bonchev–Trinajstić information content (AvgIpc) is 2.46.